The van der Waals surface area contributed by atoms with Crippen molar-refractivity contribution in [3.8, 4) is 16.9 Å². The molecular weight excluding hydrogens is 427 g/mol. The summed E-state index contributed by atoms with van der Waals surface area (Å²) < 4.78 is 27.5. The van der Waals surface area contributed by atoms with Crippen LogP contribution < -0.4 is 15.4 Å². The Kier molecular flexibility index (Phi) is 6.57. The first-order chi connectivity index (χ1) is 16.6. The smallest absolute Gasteiger partial charge is 0.153 e. The van der Waals surface area contributed by atoms with Gasteiger partial charge in [-0.3, -0.25) is 0 Å². The minimum absolute atomic E-state index is 0.186. The van der Waals surface area contributed by atoms with E-state index in [0.29, 0.717) is 23.2 Å². The van der Waals surface area contributed by atoms with Crippen LogP contribution in [0.5, 0.6) is 5.75 Å². The summed E-state index contributed by atoms with van der Waals surface area (Å²) in [4.78, 5) is 2.19. The van der Waals surface area contributed by atoms with Crippen molar-refractivity contribution in [3.05, 3.63) is 83.2 Å². The van der Waals surface area contributed by atoms with Crippen molar-refractivity contribution in [2.75, 3.05) is 31.2 Å². The van der Waals surface area contributed by atoms with Gasteiger partial charge in [0.25, 0.3) is 0 Å². The summed E-state index contributed by atoms with van der Waals surface area (Å²) in [6.45, 7) is 6.11. The number of hydrogen-bond acceptors (Lipinski definition) is 4. The van der Waals surface area contributed by atoms with Gasteiger partial charge in [-0.05, 0) is 65.8 Å². The van der Waals surface area contributed by atoms with Crippen molar-refractivity contribution < 1.29 is 13.9 Å². The lowest BCUT2D eigenvalue weighted by atomic mass is 9.76. The van der Waals surface area contributed by atoms with Crippen LogP contribution >= 0.6 is 0 Å². The third kappa shape index (κ3) is 4.55. The van der Waals surface area contributed by atoms with E-state index in [4.69, 9.17) is 15.2 Å². The molecule has 1 spiro atoms. The van der Waals surface area contributed by atoms with Gasteiger partial charge in [-0.25, -0.2) is 4.39 Å². The van der Waals surface area contributed by atoms with E-state index < -0.39 is 0 Å². The van der Waals surface area contributed by atoms with Crippen molar-refractivity contribution in [3.63, 3.8) is 0 Å². The van der Waals surface area contributed by atoms with Crippen molar-refractivity contribution in [1.29, 1.82) is 0 Å². The highest BCUT2D eigenvalue weighted by atomic mass is 19.1. The van der Waals surface area contributed by atoms with Crippen LogP contribution in [0.4, 0.5) is 10.1 Å². The van der Waals surface area contributed by atoms with Crippen LogP contribution in [0.15, 0.2) is 60.7 Å². The van der Waals surface area contributed by atoms with Crippen LogP contribution in [0.3, 0.4) is 0 Å². The van der Waals surface area contributed by atoms with E-state index in [9.17, 15) is 0 Å². The van der Waals surface area contributed by atoms with Gasteiger partial charge in [-0.1, -0.05) is 43.3 Å². The molecule has 0 amide bonds. The Morgan fingerprint density at radius 3 is 2.47 bits per heavy atom. The molecule has 2 fully saturated rings. The zero-order valence-corrected chi connectivity index (χ0v) is 19.9. The standard InChI is InChI=1S/C29H33FN2O2/c1-2-22-7-3-4-9-27(22)34-18-25-15-24(23-8-5-6-21(14-23)17-31)16-26(28(25)30)32-12-10-29(11-13-32)19-33-20-29/h3-9,14-16H,2,10-13,17-20,31H2,1H3. The van der Waals surface area contributed by atoms with Gasteiger partial charge in [0.05, 0.1) is 18.9 Å². The number of hydrogen-bond donors (Lipinski definition) is 1. The number of para-hydroxylation sites is 1. The molecule has 3 aromatic rings. The quantitative estimate of drug-likeness (QED) is 0.491. The molecule has 0 aliphatic carbocycles. The molecular formula is C29H33FN2O2. The van der Waals surface area contributed by atoms with Crippen LogP contribution in [0.25, 0.3) is 11.1 Å². The zero-order valence-electron chi connectivity index (χ0n) is 19.9. The molecule has 0 unspecified atom stereocenters. The van der Waals surface area contributed by atoms with E-state index in [1.54, 1.807) is 0 Å². The monoisotopic (exact) mass is 460 g/mol. The van der Waals surface area contributed by atoms with Gasteiger partial charge in [0, 0.05) is 30.6 Å². The number of halogens is 1. The van der Waals surface area contributed by atoms with Gasteiger partial charge in [-0.15, -0.1) is 0 Å². The molecule has 2 saturated heterocycles. The van der Waals surface area contributed by atoms with E-state index >= 15 is 4.39 Å². The van der Waals surface area contributed by atoms with Gasteiger partial charge in [0.15, 0.2) is 5.82 Å². The summed E-state index contributed by atoms with van der Waals surface area (Å²) in [5.41, 5.74) is 11.6. The van der Waals surface area contributed by atoms with Gasteiger partial charge in [-0.2, -0.15) is 0 Å². The number of anilines is 1. The molecule has 0 aromatic heterocycles. The van der Waals surface area contributed by atoms with Crippen molar-refractivity contribution >= 4 is 5.69 Å². The van der Waals surface area contributed by atoms with E-state index in [0.717, 1.165) is 73.6 Å². The van der Waals surface area contributed by atoms with Crippen LogP contribution in [-0.2, 0) is 24.3 Å². The number of piperidine rings is 1. The van der Waals surface area contributed by atoms with Gasteiger partial charge in [0.2, 0.25) is 0 Å². The Labute approximate surface area is 201 Å². The number of aryl methyl sites for hydroxylation is 1. The molecule has 34 heavy (non-hydrogen) atoms. The van der Waals surface area contributed by atoms with Crippen molar-refractivity contribution in [1.82, 2.24) is 0 Å². The fraction of sp³-hybridized carbons (Fsp3) is 0.379. The average molecular weight is 461 g/mol. The van der Waals surface area contributed by atoms with Crippen LogP contribution in [-0.4, -0.2) is 26.3 Å². The van der Waals surface area contributed by atoms with Crippen LogP contribution in [0.1, 0.15) is 36.5 Å². The topological polar surface area (TPSA) is 47.7 Å². The maximum Gasteiger partial charge on any atom is 0.153 e. The minimum Gasteiger partial charge on any atom is -0.489 e. The maximum absolute atomic E-state index is 15.9. The normalized spacial score (nSPS) is 17.0. The molecule has 0 bridgehead atoms. The third-order valence-corrected chi connectivity index (χ3v) is 7.34. The van der Waals surface area contributed by atoms with E-state index in [1.165, 1.54) is 0 Å². The third-order valence-electron chi connectivity index (χ3n) is 7.34. The second-order valence-corrected chi connectivity index (χ2v) is 9.60. The molecule has 3 aromatic carbocycles. The number of rotatable bonds is 7. The Bertz CT molecular complexity index is 1150. The molecule has 0 atom stereocenters. The largest absolute Gasteiger partial charge is 0.489 e. The molecule has 178 valence electrons. The second-order valence-electron chi connectivity index (χ2n) is 9.60. The molecule has 2 aliphatic rings. The fourth-order valence-corrected chi connectivity index (χ4v) is 5.04. The Balaban J connectivity index is 1.48. The molecule has 0 saturated carbocycles. The number of benzene rings is 3. The van der Waals surface area contributed by atoms with Gasteiger partial charge >= 0.3 is 0 Å². The number of nitrogens with two attached hydrogens (primary N) is 1. The number of ether oxygens (including phenoxy) is 2. The average Bonchev–Trinajstić information content (AvgIpc) is 2.87. The first-order valence-electron chi connectivity index (χ1n) is 12.3. The van der Waals surface area contributed by atoms with Gasteiger partial charge < -0.3 is 20.1 Å². The summed E-state index contributed by atoms with van der Waals surface area (Å²) in [6.07, 6.45) is 2.94. The van der Waals surface area contributed by atoms with Crippen LogP contribution in [0.2, 0.25) is 0 Å². The molecule has 5 heteroatoms. The Morgan fingerprint density at radius 1 is 0.971 bits per heavy atom. The maximum atomic E-state index is 15.9. The highest BCUT2D eigenvalue weighted by Crippen LogP contribution is 2.41. The highest BCUT2D eigenvalue weighted by Gasteiger charge is 2.41. The lowest BCUT2D eigenvalue weighted by molar-refractivity contribution is -0.124. The molecule has 2 N–H and O–H groups in total. The Morgan fingerprint density at radius 2 is 1.76 bits per heavy atom. The van der Waals surface area contributed by atoms with Crippen molar-refractivity contribution in [2.45, 2.75) is 39.3 Å². The lowest BCUT2D eigenvalue weighted by Gasteiger charge is -2.48. The summed E-state index contributed by atoms with van der Waals surface area (Å²) in [6, 6.07) is 20.1. The van der Waals surface area contributed by atoms with E-state index in [2.05, 4.69) is 30.0 Å². The first kappa shape index (κ1) is 22.9. The predicted molar refractivity (Wildman–Crippen MR) is 135 cm³/mol. The second kappa shape index (κ2) is 9.77. The first-order valence-corrected chi connectivity index (χ1v) is 12.3. The lowest BCUT2D eigenvalue weighted by Crippen LogP contribution is -2.51. The van der Waals surface area contributed by atoms with Gasteiger partial charge in [0.1, 0.15) is 12.4 Å². The Hall–Kier alpha value is -2.89. The summed E-state index contributed by atoms with van der Waals surface area (Å²) in [5.74, 6) is 0.625. The minimum atomic E-state index is -0.187. The summed E-state index contributed by atoms with van der Waals surface area (Å²) >= 11 is 0. The van der Waals surface area contributed by atoms with Crippen LogP contribution in [0, 0.1) is 11.2 Å². The molecule has 2 heterocycles. The predicted octanol–water partition coefficient (Wildman–Crippen LogP) is 5.71. The molecule has 0 radical (unpaired) electrons. The SMILES string of the molecule is CCc1ccccc1OCc1cc(-c2cccc(CN)c2)cc(N2CCC3(CC2)COC3)c1F. The van der Waals surface area contributed by atoms with Crippen molar-refractivity contribution in [2.24, 2.45) is 11.1 Å². The number of nitrogens with zero attached hydrogens (tertiary/aromatic N) is 1. The highest BCUT2D eigenvalue weighted by molar-refractivity contribution is 5.71. The molecule has 4 nitrogen and oxygen atoms in total. The zero-order chi connectivity index (χ0) is 23.5. The molecule has 2 aliphatic heterocycles. The summed E-state index contributed by atoms with van der Waals surface area (Å²) in [7, 11) is 0. The fourth-order valence-electron chi connectivity index (χ4n) is 5.04. The van der Waals surface area contributed by atoms with E-state index in [-0.39, 0.29) is 12.4 Å². The molecule has 5 rings (SSSR count). The summed E-state index contributed by atoms with van der Waals surface area (Å²) in [5, 5.41) is 0. The van der Waals surface area contributed by atoms with E-state index in [1.807, 2.05) is 42.5 Å².